The molecule has 0 aromatic heterocycles. The van der Waals surface area contributed by atoms with Gasteiger partial charge in [-0.2, -0.15) is 0 Å². The third-order valence-electron chi connectivity index (χ3n) is 9.80. The number of aliphatic hydroxyl groups excluding tert-OH is 1. The van der Waals surface area contributed by atoms with Crippen molar-refractivity contribution in [1.82, 2.24) is 0 Å². The highest BCUT2D eigenvalue weighted by Gasteiger charge is 2.62. The minimum Gasteiger partial charge on any atom is -0.469 e. The summed E-state index contributed by atoms with van der Waals surface area (Å²) in [5, 5.41) is 10.2. The number of hydrogen-bond donors (Lipinski definition) is 1. The smallest absolute Gasteiger partial charge is 0.305 e. The number of carbonyl (C=O) groups is 2. The molecule has 4 nitrogen and oxygen atoms in total. The van der Waals surface area contributed by atoms with E-state index in [0.717, 1.165) is 32.1 Å². The van der Waals surface area contributed by atoms with Crippen LogP contribution in [0.25, 0.3) is 0 Å². The molecule has 0 aromatic carbocycles. The Bertz CT molecular complexity index is 630. The number of rotatable bonds is 4. The monoisotopic (exact) mass is 390 g/mol. The van der Waals surface area contributed by atoms with E-state index in [4.69, 9.17) is 4.74 Å². The Morgan fingerprint density at radius 3 is 2.57 bits per heavy atom. The fraction of sp³-hybridized carbons (Fsp3) is 0.917. The van der Waals surface area contributed by atoms with Crippen molar-refractivity contribution >= 4 is 11.8 Å². The first-order valence-electron chi connectivity index (χ1n) is 11.6. The van der Waals surface area contributed by atoms with E-state index < -0.39 is 0 Å². The molecule has 0 saturated heterocycles. The van der Waals surface area contributed by atoms with E-state index in [9.17, 15) is 14.7 Å². The summed E-state index contributed by atoms with van der Waals surface area (Å²) in [7, 11) is 1.46. The molecule has 0 bridgehead atoms. The van der Waals surface area contributed by atoms with Gasteiger partial charge in [-0.15, -0.1) is 0 Å². The number of aliphatic hydroxyl groups is 1. The quantitative estimate of drug-likeness (QED) is 0.717. The Hall–Kier alpha value is -0.900. The molecule has 158 valence electrons. The molecular formula is C24H38O4. The van der Waals surface area contributed by atoms with Gasteiger partial charge in [-0.3, -0.25) is 9.59 Å². The van der Waals surface area contributed by atoms with Crippen molar-refractivity contribution in [3.8, 4) is 0 Å². The molecule has 1 N–H and O–H groups in total. The van der Waals surface area contributed by atoms with Gasteiger partial charge in [-0.1, -0.05) is 13.8 Å². The van der Waals surface area contributed by atoms with Crippen LogP contribution in [0, 0.1) is 40.4 Å². The lowest BCUT2D eigenvalue weighted by Gasteiger charge is -2.60. The Balaban J connectivity index is 1.50. The summed E-state index contributed by atoms with van der Waals surface area (Å²) in [5.74, 6) is 2.67. The van der Waals surface area contributed by atoms with Gasteiger partial charge in [0.25, 0.3) is 0 Å². The van der Waals surface area contributed by atoms with Crippen molar-refractivity contribution in [3.05, 3.63) is 0 Å². The van der Waals surface area contributed by atoms with Gasteiger partial charge in [-0.05, 0) is 92.3 Å². The van der Waals surface area contributed by atoms with Crippen LogP contribution in [0.2, 0.25) is 0 Å². The summed E-state index contributed by atoms with van der Waals surface area (Å²) in [6, 6.07) is 0. The second-order valence-corrected chi connectivity index (χ2v) is 10.8. The average Bonchev–Trinajstić information content (AvgIpc) is 2.99. The zero-order valence-electron chi connectivity index (χ0n) is 17.9. The van der Waals surface area contributed by atoms with Gasteiger partial charge in [0.05, 0.1) is 13.2 Å². The molecule has 0 radical (unpaired) electrons. The van der Waals surface area contributed by atoms with Gasteiger partial charge in [0.2, 0.25) is 0 Å². The van der Waals surface area contributed by atoms with Gasteiger partial charge < -0.3 is 9.84 Å². The van der Waals surface area contributed by atoms with Crippen molar-refractivity contribution in [2.45, 2.75) is 90.6 Å². The Labute approximate surface area is 169 Å². The molecule has 4 saturated carbocycles. The number of esters is 1. The predicted molar refractivity (Wildman–Crippen MR) is 107 cm³/mol. The number of carbonyl (C=O) groups excluding carboxylic acids is 2. The summed E-state index contributed by atoms with van der Waals surface area (Å²) in [4.78, 5) is 24.8. The molecule has 4 fully saturated rings. The minimum absolute atomic E-state index is 0.107. The molecular weight excluding hydrogens is 352 g/mol. The van der Waals surface area contributed by atoms with Gasteiger partial charge >= 0.3 is 5.97 Å². The molecule has 4 heteroatoms. The van der Waals surface area contributed by atoms with Crippen molar-refractivity contribution < 1.29 is 19.4 Å². The highest BCUT2D eigenvalue weighted by atomic mass is 16.5. The van der Waals surface area contributed by atoms with Crippen LogP contribution in [-0.2, 0) is 14.3 Å². The van der Waals surface area contributed by atoms with E-state index >= 15 is 0 Å². The van der Waals surface area contributed by atoms with Crippen LogP contribution in [-0.4, -0.2) is 30.1 Å². The standard InChI is InChI=1S/C24H38O4/c1-23-12-10-19-22(18(23)8-7-15(23)5-4-6-21(27)28-3)20(26)14-16-13-17(25)9-11-24(16,19)2/h15-19,22,25H,4-14H2,1-3H3/t15-,16-,17+,18-,19-,22-,23+,24-/m0/s1. The first kappa shape index (κ1) is 20.4. The molecule has 0 aromatic rings. The molecule has 4 aliphatic carbocycles. The number of hydrogen-bond acceptors (Lipinski definition) is 4. The summed E-state index contributed by atoms with van der Waals surface area (Å²) in [6.45, 7) is 4.87. The maximum absolute atomic E-state index is 13.3. The maximum Gasteiger partial charge on any atom is 0.305 e. The van der Waals surface area contributed by atoms with Gasteiger partial charge in [0.1, 0.15) is 5.78 Å². The summed E-state index contributed by atoms with van der Waals surface area (Å²) in [6.07, 6.45) is 10.6. The van der Waals surface area contributed by atoms with Crippen molar-refractivity contribution in [3.63, 3.8) is 0 Å². The lowest BCUT2D eigenvalue weighted by Crippen LogP contribution is -2.57. The second-order valence-electron chi connectivity index (χ2n) is 10.8. The first-order valence-corrected chi connectivity index (χ1v) is 11.6. The largest absolute Gasteiger partial charge is 0.469 e. The molecule has 0 amide bonds. The van der Waals surface area contributed by atoms with Crippen molar-refractivity contribution in [1.29, 1.82) is 0 Å². The molecule has 4 aliphatic rings. The molecule has 4 rings (SSSR count). The average molecular weight is 391 g/mol. The number of fused-ring (bicyclic) bond motifs is 5. The van der Waals surface area contributed by atoms with Crippen LogP contribution in [0.3, 0.4) is 0 Å². The zero-order chi connectivity index (χ0) is 20.1. The van der Waals surface area contributed by atoms with E-state index in [1.54, 1.807) is 0 Å². The normalized spacial score (nSPS) is 47.8. The van der Waals surface area contributed by atoms with E-state index in [0.29, 0.717) is 42.3 Å². The SMILES string of the molecule is COC(=O)CCC[C@H]1CC[C@H]2[C@@H]3C(=O)C[C@@H]4C[C@H](O)CC[C@]4(C)[C@H]3CC[C@]12C. The van der Waals surface area contributed by atoms with Crippen LogP contribution in [0.5, 0.6) is 0 Å². The third kappa shape index (κ3) is 3.14. The van der Waals surface area contributed by atoms with Crippen molar-refractivity contribution in [2.24, 2.45) is 40.4 Å². The number of ether oxygens (including phenoxy) is 1. The van der Waals surface area contributed by atoms with E-state index in [1.807, 2.05) is 0 Å². The molecule has 0 heterocycles. The maximum atomic E-state index is 13.3. The Morgan fingerprint density at radius 1 is 1.11 bits per heavy atom. The molecule has 0 spiro atoms. The fourth-order valence-corrected chi connectivity index (χ4v) is 8.09. The minimum atomic E-state index is -0.207. The fourth-order valence-electron chi connectivity index (χ4n) is 8.09. The Morgan fingerprint density at radius 2 is 1.82 bits per heavy atom. The number of ketones is 1. The van der Waals surface area contributed by atoms with Crippen LogP contribution in [0.1, 0.15) is 84.5 Å². The highest BCUT2D eigenvalue weighted by molar-refractivity contribution is 5.83. The Kier molecular flexibility index (Phi) is 5.39. The highest BCUT2D eigenvalue weighted by Crippen LogP contribution is 2.67. The predicted octanol–water partition coefficient (Wildman–Crippen LogP) is 4.53. The van der Waals surface area contributed by atoms with E-state index in [-0.39, 0.29) is 28.8 Å². The van der Waals surface area contributed by atoms with Crippen LogP contribution in [0.4, 0.5) is 0 Å². The summed E-state index contributed by atoms with van der Waals surface area (Å²) < 4.78 is 4.80. The molecule has 0 aliphatic heterocycles. The molecule has 0 unspecified atom stereocenters. The topological polar surface area (TPSA) is 63.6 Å². The summed E-state index contributed by atoms with van der Waals surface area (Å²) >= 11 is 0. The van der Waals surface area contributed by atoms with Gasteiger partial charge in [0, 0.05) is 18.8 Å². The van der Waals surface area contributed by atoms with Crippen LogP contribution >= 0.6 is 0 Å². The van der Waals surface area contributed by atoms with Crippen LogP contribution in [0.15, 0.2) is 0 Å². The number of Topliss-reactive ketones (excluding diaryl/α,β-unsaturated/α-hetero) is 1. The lowest BCUT2D eigenvalue weighted by molar-refractivity contribution is -0.160. The zero-order valence-corrected chi connectivity index (χ0v) is 17.9. The van der Waals surface area contributed by atoms with E-state index in [1.165, 1.54) is 32.8 Å². The lowest BCUT2D eigenvalue weighted by atomic mass is 9.44. The first-order chi connectivity index (χ1) is 13.3. The third-order valence-corrected chi connectivity index (χ3v) is 9.80. The van der Waals surface area contributed by atoms with Crippen molar-refractivity contribution in [2.75, 3.05) is 7.11 Å². The summed E-state index contributed by atoms with van der Waals surface area (Å²) in [5.41, 5.74) is 0.492. The molecule has 28 heavy (non-hydrogen) atoms. The van der Waals surface area contributed by atoms with Crippen LogP contribution < -0.4 is 0 Å². The number of methoxy groups -OCH3 is 1. The van der Waals surface area contributed by atoms with Gasteiger partial charge in [0.15, 0.2) is 0 Å². The second kappa shape index (κ2) is 7.41. The van der Waals surface area contributed by atoms with E-state index in [2.05, 4.69) is 13.8 Å². The molecule has 8 atom stereocenters. The van der Waals surface area contributed by atoms with Gasteiger partial charge in [-0.25, -0.2) is 0 Å².